The molecule has 0 bridgehead atoms. The van der Waals surface area contributed by atoms with Gasteiger partial charge in [-0.25, -0.2) is 0 Å². The van der Waals surface area contributed by atoms with Crippen LogP contribution in [0.2, 0.25) is 0 Å². The van der Waals surface area contributed by atoms with E-state index in [-0.39, 0.29) is 30.2 Å². The number of ether oxygens (including phenoxy) is 1. The Morgan fingerprint density at radius 2 is 1.92 bits per heavy atom. The van der Waals surface area contributed by atoms with Gasteiger partial charge in [-0.2, -0.15) is 0 Å². The minimum atomic E-state index is -0.188. The summed E-state index contributed by atoms with van der Waals surface area (Å²) >= 11 is 3.38. The van der Waals surface area contributed by atoms with Crippen LogP contribution in [0.25, 0.3) is 0 Å². The van der Waals surface area contributed by atoms with Crippen LogP contribution in [0.4, 0.5) is 0 Å². The van der Waals surface area contributed by atoms with Gasteiger partial charge in [-0.05, 0) is 48.7 Å². The number of nitrogens with zero attached hydrogens (tertiary/aromatic N) is 3. The summed E-state index contributed by atoms with van der Waals surface area (Å²) in [5.41, 5.74) is 0.552. The lowest BCUT2D eigenvalue weighted by Gasteiger charge is -2.32. The van der Waals surface area contributed by atoms with Gasteiger partial charge in [-0.3, -0.25) is 14.4 Å². The van der Waals surface area contributed by atoms with Gasteiger partial charge in [0.2, 0.25) is 5.91 Å². The van der Waals surface area contributed by atoms with Crippen molar-refractivity contribution in [3.63, 3.8) is 0 Å². The molecule has 1 aromatic heterocycles. The molecular weight excluding hydrogens is 402 g/mol. The zero-order valence-electron chi connectivity index (χ0n) is 15.5. The van der Waals surface area contributed by atoms with E-state index in [1.54, 1.807) is 24.9 Å². The number of halogens is 1. The van der Waals surface area contributed by atoms with E-state index in [9.17, 15) is 14.4 Å². The smallest absolute Gasteiger partial charge is 0.309 e. The Balaban J connectivity index is 1.89. The number of carbonyl (C=O) groups excluding carboxylic acids is 3. The third-order valence-electron chi connectivity index (χ3n) is 4.61. The van der Waals surface area contributed by atoms with Crippen LogP contribution >= 0.6 is 15.9 Å². The van der Waals surface area contributed by atoms with Gasteiger partial charge in [0.25, 0.3) is 5.91 Å². The number of esters is 1. The minimum absolute atomic E-state index is 0.0232. The van der Waals surface area contributed by atoms with Crippen LogP contribution in [0.5, 0.6) is 0 Å². The van der Waals surface area contributed by atoms with Gasteiger partial charge >= 0.3 is 5.97 Å². The van der Waals surface area contributed by atoms with Crippen molar-refractivity contribution in [2.75, 3.05) is 33.3 Å². The molecule has 2 heterocycles. The highest BCUT2D eigenvalue weighted by Gasteiger charge is 2.29. The second-order valence-corrected chi connectivity index (χ2v) is 7.31. The van der Waals surface area contributed by atoms with E-state index < -0.39 is 0 Å². The SMILES string of the molecule is CCOC(=O)C1CCN(C(=O)CN(C)C(=O)c2cc(Br)cn2CC)CC1. The average molecular weight is 428 g/mol. The van der Waals surface area contributed by atoms with Crippen molar-refractivity contribution in [3.8, 4) is 0 Å². The van der Waals surface area contributed by atoms with Crippen LogP contribution in [0.15, 0.2) is 16.7 Å². The van der Waals surface area contributed by atoms with Gasteiger partial charge in [0.15, 0.2) is 0 Å². The molecule has 0 saturated carbocycles. The average Bonchev–Trinajstić information content (AvgIpc) is 3.02. The predicted molar refractivity (Wildman–Crippen MR) is 101 cm³/mol. The maximum atomic E-state index is 12.6. The first kappa shape index (κ1) is 20.5. The lowest BCUT2D eigenvalue weighted by Crippen LogP contribution is -2.45. The Morgan fingerprint density at radius 1 is 1.27 bits per heavy atom. The highest BCUT2D eigenvalue weighted by atomic mass is 79.9. The molecule has 0 N–H and O–H groups in total. The molecule has 0 spiro atoms. The number of aryl methyl sites for hydroxylation is 1. The predicted octanol–water partition coefficient (Wildman–Crippen LogP) is 2.14. The maximum absolute atomic E-state index is 12.6. The second kappa shape index (κ2) is 9.21. The normalized spacial score (nSPS) is 15.0. The molecule has 8 heteroatoms. The summed E-state index contributed by atoms with van der Waals surface area (Å²) in [6, 6.07) is 1.76. The van der Waals surface area contributed by atoms with Gasteiger partial charge < -0.3 is 19.1 Å². The highest BCUT2D eigenvalue weighted by molar-refractivity contribution is 9.10. The summed E-state index contributed by atoms with van der Waals surface area (Å²) in [6.45, 7) is 5.85. The zero-order valence-corrected chi connectivity index (χ0v) is 17.1. The molecule has 1 aliphatic rings. The summed E-state index contributed by atoms with van der Waals surface area (Å²) in [5, 5.41) is 0. The van der Waals surface area contributed by atoms with E-state index in [1.165, 1.54) is 4.90 Å². The fourth-order valence-corrected chi connectivity index (χ4v) is 3.57. The zero-order chi connectivity index (χ0) is 19.3. The minimum Gasteiger partial charge on any atom is -0.466 e. The van der Waals surface area contributed by atoms with E-state index in [2.05, 4.69) is 15.9 Å². The molecule has 26 heavy (non-hydrogen) atoms. The first-order chi connectivity index (χ1) is 12.4. The summed E-state index contributed by atoms with van der Waals surface area (Å²) in [7, 11) is 1.63. The van der Waals surface area contributed by atoms with E-state index in [4.69, 9.17) is 4.74 Å². The molecule has 0 aliphatic carbocycles. The van der Waals surface area contributed by atoms with Crippen LogP contribution in [-0.4, -0.2) is 65.4 Å². The monoisotopic (exact) mass is 427 g/mol. The largest absolute Gasteiger partial charge is 0.466 e. The molecule has 1 saturated heterocycles. The van der Waals surface area contributed by atoms with Crippen molar-refractivity contribution in [3.05, 3.63) is 22.4 Å². The van der Waals surface area contributed by atoms with Crippen molar-refractivity contribution in [2.24, 2.45) is 5.92 Å². The third-order valence-corrected chi connectivity index (χ3v) is 5.04. The van der Waals surface area contributed by atoms with Crippen molar-refractivity contribution in [2.45, 2.75) is 33.2 Å². The number of hydrogen-bond donors (Lipinski definition) is 0. The van der Waals surface area contributed by atoms with Crippen LogP contribution in [0, 0.1) is 5.92 Å². The van der Waals surface area contributed by atoms with Gasteiger partial charge in [-0.15, -0.1) is 0 Å². The topological polar surface area (TPSA) is 71.8 Å². The Labute approximate surface area is 162 Å². The molecule has 1 aromatic rings. The summed E-state index contributed by atoms with van der Waals surface area (Å²) < 4.78 is 7.73. The first-order valence-corrected chi connectivity index (χ1v) is 9.72. The molecule has 7 nitrogen and oxygen atoms in total. The summed E-state index contributed by atoms with van der Waals surface area (Å²) in [5.74, 6) is -0.606. The number of hydrogen-bond acceptors (Lipinski definition) is 4. The number of rotatable bonds is 6. The number of aromatic nitrogens is 1. The fourth-order valence-electron chi connectivity index (χ4n) is 3.11. The van der Waals surface area contributed by atoms with Crippen molar-refractivity contribution in [1.82, 2.24) is 14.4 Å². The molecule has 1 aliphatic heterocycles. The Hall–Kier alpha value is -1.83. The molecule has 0 aromatic carbocycles. The van der Waals surface area contributed by atoms with Crippen molar-refractivity contribution < 1.29 is 19.1 Å². The molecule has 2 rings (SSSR count). The number of carbonyl (C=O) groups is 3. The van der Waals surface area contributed by atoms with Crippen LogP contribution in [0.3, 0.4) is 0 Å². The number of amides is 2. The lowest BCUT2D eigenvalue weighted by atomic mass is 9.97. The number of piperidine rings is 1. The highest BCUT2D eigenvalue weighted by Crippen LogP contribution is 2.20. The quantitative estimate of drug-likeness (QED) is 0.651. The molecule has 0 atom stereocenters. The van der Waals surface area contributed by atoms with E-state index in [0.717, 1.165) is 4.47 Å². The van der Waals surface area contributed by atoms with E-state index in [1.807, 2.05) is 17.7 Å². The third kappa shape index (κ3) is 4.87. The van der Waals surface area contributed by atoms with Crippen molar-refractivity contribution in [1.29, 1.82) is 0 Å². The Bertz CT molecular complexity index is 665. The summed E-state index contributed by atoms with van der Waals surface area (Å²) in [4.78, 5) is 40.1. The Kier molecular flexibility index (Phi) is 7.25. The molecule has 0 unspecified atom stereocenters. The fraction of sp³-hybridized carbons (Fsp3) is 0.611. The van der Waals surface area contributed by atoms with Gasteiger partial charge in [0.1, 0.15) is 5.69 Å². The standard InChI is InChI=1S/C18H26BrN3O4/c1-4-21-11-14(19)10-15(21)17(24)20(3)12-16(23)22-8-6-13(7-9-22)18(25)26-5-2/h10-11,13H,4-9,12H2,1-3H3. The molecule has 144 valence electrons. The van der Waals surface area contributed by atoms with Crippen LogP contribution in [-0.2, 0) is 20.9 Å². The first-order valence-electron chi connectivity index (χ1n) is 8.92. The van der Waals surface area contributed by atoms with Gasteiger partial charge in [0, 0.05) is 37.4 Å². The molecular formula is C18H26BrN3O4. The molecule has 0 radical (unpaired) electrons. The second-order valence-electron chi connectivity index (χ2n) is 6.40. The lowest BCUT2D eigenvalue weighted by molar-refractivity contribution is -0.151. The number of likely N-dealkylation sites (N-methyl/N-ethyl adjacent to an activating group) is 1. The van der Waals surface area contributed by atoms with E-state index >= 15 is 0 Å². The Morgan fingerprint density at radius 3 is 2.50 bits per heavy atom. The van der Waals surface area contributed by atoms with Crippen LogP contribution in [0.1, 0.15) is 37.2 Å². The maximum Gasteiger partial charge on any atom is 0.309 e. The summed E-state index contributed by atoms with van der Waals surface area (Å²) in [6.07, 6.45) is 3.06. The van der Waals surface area contributed by atoms with E-state index in [0.29, 0.717) is 44.8 Å². The van der Waals surface area contributed by atoms with Gasteiger partial charge in [0.05, 0.1) is 19.1 Å². The van der Waals surface area contributed by atoms with Crippen molar-refractivity contribution >= 4 is 33.7 Å². The molecule has 2 amide bonds. The van der Waals surface area contributed by atoms with Gasteiger partial charge in [-0.1, -0.05) is 0 Å². The number of likely N-dealkylation sites (tertiary alicyclic amines) is 1. The van der Waals surface area contributed by atoms with Crippen LogP contribution < -0.4 is 0 Å². The molecule has 1 fully saturated rings.